The van der Waals surface area contributed by atoms with Crippen molar-refractivity contribution in [2.24, 2.45) is 0 Å². The molecule has 26 heavy (non-hydrogen) atoms. The second-order valence-corrected chi connectivity index (χ2v) is 7.42. The quantitative estimate of drug-likeness (QED) is 0.320. The number of nitro benzene ring substituents is 1. The van der Waals surface area contributed by atoms with Crippen molar-refractivity contribution in [2.75, 3.05) is 19.1 Å². The summed E-state index contributed by atoms with van der Waals surface area (Å²) in [5, 5.41) is 16.0. The van der Waals surface area contributed by atoms with Crippen LogP contribution in [0.25, 0.3) is 6.08 Å². The number of ether oxygens (including phenoxy) is 2. The lowest BCUT2D eigenvalue weighted by Crippen LogP contribution is -2.23. The fourth-order valence-corrected chi connectivity index (χ4v) is 3.98. The van der Waals surface area contributed by atoms with Crippen molar-refractivity contribution >= 4 is 40.8 Å². The molecule has 0 radical (unpaired) electrons. The van der Waals surface area contributed by atoms with Crippen molar-refractivity contribution in [1.29, 1.82) is 0 Å². The largest absolute Gasteiger partial charge is 0.454 e. The summed E-state index contributed by atoms with van der Waals surface area (Å²) in [6.45, 7) is 0.561. The fourth-order valence-electron chi connectivity index (χ4n) is 2.28. The zero-order valence-corrected chi connectivity index (χ0v) is 15.3. The normalized spacial score (nSPS) is 12.5. The van der Waals surface area contributed by atoms with E-state index in [0.29, 0.717) is 23.6 Å². The number of nitro groups is 1. The van der Waals surface area contributed by atoms with E-state index in [-0.39, 0.29) is 18.4 Å². The minimum Gasteiger partial charge on any atom is -0.454 e. The Balaban J connectivity index is 1.50. The molecule has 1 aliphatic heterocycles. The van der Waals surface area contributed by atoms with Gasteiger partial charge in [-0.1, -0.05) is 6.07 Å². The van der Waals surface area contributed by atoms with Crippen LogP contribution >= 0.6 is 23.1 Å². The van der Waals surface area contributed by atoms with Crippen molar-refractivity contribution in [3.63, 3.8) is 0 Å². The Bertz CT molecular complexity index is 821. The first-order valence-electron chi connectivity index (χ1n) is 7.77. The van der Waals surface area contributed by atoms with Crippen LogP contribution in [0.1, 0.15) is 10.4 Å². The molecule has 0 saturated carbocycles. The highest BCUT2D eigenvalue weighted by Crippen LogP contribution is 2.38. The molecule has 7 nitrogen and oxygen atoms in total. The number of rotatable bonds is 8. The summed E-state index contributed by atoms with van der Waals surface area (Å²) in [4.78, 5) is 23.9. The molecule has 0 unspecified atom stereocenters. The van der Waals surface area contributed by atoms with Crippen molar-refractivity contribution in [3.05, 3.63) is 56.3 Å². The van der Waals surface area contributed by atoms with Crippen LogP contribution in [0.3, 0.4) is 0 Å². The Labute approximate surface area is 158 Å². The molecule has 1 aromatic carbocycles. The Morgan fingerprint density at radius 3 is 2.92 bits per heavy atom. The minimum atomic E-state index is -0.513. The van der Waals surface area contributed by atoms with Crippen molar-refractivity contribution in [3.8, 4) is 11.5 Å². The molecular formula is C17H16N2O5S2. The maximum Gasteiger partial charge on any atom is 0.280 e. The maximum absolute atomic E-state index is 11.9. The third kappa shape index (κ3) is 4.77. The predicted octanol–water partition coefficient (Wildman–Crippen LogP) is 3.45. The molecule has 1 amide bonds. The van der Waals surface area contributed by atoms with Crippen LogP contribution in [0.4, 0.5) is 5.69 Å². The van der Waals surface area contributed by atoms with E-state index in [1.165, 1.54) is 29.2 Å². The van der Waals surface area contributed by atoms with E-state index < -0.39 is 4.92 Å². The summed E-state index contributed by atoms with van der Waals surface area (Å²) in [6.07, 6.45) is 2.70. The number of carbonyl (C=O) groups is 1. The first-order chi connectivity index (χ1) is 12.6. The third-order valence-electron chi connectivity index (χ3n) is 3.50. The molecule has 3 rings (SSSR count). The molecule has 0 fully saturated rings. The zero-order chi connectivity index (χ0) is 18.4. The highest BCUT2D eigenvalue weighted by atomic mass is 32.2. The summed E-state index contributed by atoms with van der Waals surface area (Å²) in [5.41, 5.74) is 0.159. The maximum atomic E-state index is 11.9. The van der Waals surface area contributed by atoms with Crippen LogP contribution in [0, 0.1) is 10.1 Å². The van der Waals surface area contributed by atoms with E-state index in [9.17, 15) is 14.9 Å². The number of hydrogen-bond acceptors (Lipinski definition) is 7. The number of amides is 1. The van der Waals surface area contributed by atoms with E-state index in [1.54, 1.807) is 23.1 Å². The number of thiophene rings is 1. The minimum absolute atomic E-state index is 0.0310. The smallest absolute Gasteiger partial charge is 0.280 e. The van der Waals surface area contributed by atoms with Gasteiger partial charge in [0, 0.05) is 29.0 Å². The van der Waals surface area contributed by atoms with Crippen molar-refractivity contribution in [1.82, 2.24) is 5.32 Å². The SMILES string of the molecule is O=C(/C=C/c1cc2c(cc1[N+](=O)[O-])OCO2)NCCSCc1cccs1. The zero-order valence-electron chi connectivity index (χ0n) is 13.7. The Morgan fingerprint density at radius 1 is 1.38 bits per heavy atom. The molecule has 1 aliphatic rings. The van der Waals surface area contributed by atoms with Crippen molar-refractivity contribution in [2.45, 2.75) is 5.75 Å². The predicted molar refractivity (Wildman–Crippen MR) is 102 cm³/mol. The van der Waals surface area contributed by atoms with Gasteiger partial charge in [0.25, 0.3) is 5.69 Å². The van der Waals surface area contributed by atoms with E-state index in [1.807, 2.05) is 11.4 Å². The van der Waals surface area contributed by atoms with Gasteiger partial charge in [0.05, 0.1) is 16.6 Å². The summed E-state index contributed by atoms with van der Waals surface area (Å²) >= 11 is 3.45. The summed E-state index contributed by atoms with van der Waals surface area (Å²) < 4.78 is 10.4. The van der Waals surface area contributed by atoms with Crippen LogP contribution in [0.2, 0.25) is 0 Å². The lowest BCUT2D eigenvalue weighted by atomic mass is 10.1. The van der Waals surface area contributed by atoms with Gasteiger partial charge in [0.1, 0.15) is 0 Å². The summed E-state index contributed by atoms with van der Waals surface area (Å²) in [6, 6.07) is 6.90. The lowest BCUT2D eigenvalue weighted by Gasteiger charge is -2.03. The van der Waals surface area contributed by atoms with Crippen LogP contribution < -0.4 is 14.8 Å². The van der Waals surface area contributed by atoms with Gasteiger partial charge in [0.2, 0.25) is 12.7 Å². The lowest BCUT2D eigenvalue weighted by molar-refractivity contribution is -0.385. The first kappa shape index (κ1) is 18.3. The van der Waals surface area contributed by atoms with Crippen LogP contribution in [-0.4, -0.2) is 29.9 Å². The topological polar surface area (TPSA) is 90.7 Å². The molecule has 2 heterocycles. The molecule has 1 aromatic heterocycles. The fraction of sp³-hybridized carbons (Fsp3) is 0.235. The number of hydrogen-bond donors (Lipinski definition) is 1. The first-order valence-corrected chi connectivity index (χ1v) is 9.81. The van der Waals surface area contributed by atoms with Crippen LogP contribution in [-0.2, 0) is 10.5 Å². The van der Waals surface area contributed by atoms with E-state index >= 15 is 0 Å². The molecular weight excluding hydrogens is 376 g/mol. The van der Waals surface area contributed by atoms with Gasteiger partial charge in [-0.15, -0.1) is 11.3 Å². The molecule has 0 spiro atoms. The Morgan fingerprint density at radius 2 is 2.19 bits per heavy atom. The van der Waals surface area contributed by atoms with Crippen LogP contribution in [0.5, 0.6) is 11.5 Å². The summed E-state index contributed by atoms with van der Waals surface area (Å²) in [7, 11) is 0. The number of nitrogens with one attached hydrogen (secondary N) is 1. The molecule has 136 valence electrons. The van der Waals surface area contributed by atoms with Gasteiger partial charge >= 0.3 is 0 Å². The standard InChI is InChI=1S/C17H16N2O5S2/c20-17(18-5-7-25-10-13-2-1-6-26-13)4-3-12-8-15-16(24-11-23-15)9-14(12)19(21)22/h1-4,6,8-9H,5,7,10-11H2,(H,18,20)/b4-3+. The highest BCUT2D eigenvalue weighted by molar-refractivity contribution is 7.98. The number of nitrogens with zero attached hydrogens (tertiary/aromatic N) is 1. The molecule has 0 bridgehead atoms. The molecule has 1 N–H and O–H groups in total. The Hall–Kier alpha value is -2.52. The average molecular weight is 392 g/mol. The van der Waals surface area contributed by atoms with Crippen molar-refractivity contribution < 1.29 is 19.2 Å². The van der Waals surface area contributed by atoms with Gasteiger partial charge in [-0.3, -0.25) is 14.9 Å². The number of thioether (sulfide) groups is 1. The number of benzene rings is 1. The Kier molecular flexibility index (Phi) is 6.13. The van der Waals surface area contributed by atoms with E-state index in [0.717, 1.165) is 11.5 Å². The van der Waals surface area contributed by atoms with E-state index in [2.05, 4.69) is 11.4 Å². The van der Waals surface area contributed by atoms with Gasteiger partial charge in [-0.05, 0) is 23.6 Å². The van der Waals surface area contributed by atoms with Crippen LogP contribution in [0.15, 0.2) is 35.7 Å². The number of fused-ring (bicyclic) bond motifs is 1. The average Bonchev–Trinajstić information content (AvgIpc) is 3.29. The summed E-state index contributed by atoms with van der Waals surface area (Å²) in [5.74, 6) is 2.18. The van der Waals surface area contributed by atoms with E-state index in [4.69, 9.17) is 9.47 Å². The molecule has 0 atom stereocenters. The molecule has 0 aliphatic carbocycles. The van der Waals surface area contributed by atoms with Gasteiger partial charge in [-0.25, -0.2) is 0 Å². The third-order valence-corrected chi connectivity index (χ3v) is 5.57. The second kappa shape index (κ2) is 8.72. The van der Waals surface area contributed by atoms with Gasteiger partial charge < -0.3 is 14.8 Å². The van der Waals surface area contributed by atoms with Gasteiger partial charge in [-0.2, -0.15) is 11.8 Å². The number of carbonyl (C=O) groups excluding carboxylic acids is 1. The molecule has 0 saturated heterocycles. The highest BCUT2D eigenvalue weighted by Gasteiger charge is 2.22. The molecule has 9 heteroatoms. The monoisotopic (exact) mass is 392 g/mol. The second-order valence-electron chi connectivity index (χ2n) is 5.28. The van der Waals surface area contributed by atoms with Gasteiger partial charge in [0.15, 0.2) is 11.5 Å². The molecule has 2 aromatic rings.